The number of fused-ring (bicyclic) bond motifs is 1. The summed E-state index contributed by atoms with van der Waals surface area (Å²) in [5.74, 6) is 0. The number of rotatable bonds is 5. The van der Waals surface area contributed by atoms with E-state index in [0.29, 0.717) is 0 Å². The van der Waals surface area contributed by atoms with Crippen molar-refractivity contribution in [2.24, 2.45) is 0 Å². The minimum atomic E-state index is 1.04. The fourth-order valence-corrected chi connectivity index (χ4v) is 3.97. The predicted octanol–water partition coefficient (Wildman–Crippen LogP) is 7.59. The molecule has 0 fully saturated rings. The van der Waals surface area contributed by atoms with Gasteiger partial charge in [-0.2, -0.15) is 0 Å². The summed E-state index contributed by atoms with van der Waals surface area (Å²) in [7, 11) is 0. The van der Waals surface area contributed by atoms with Gasteiger partial charge in [0.15, 0.2) is 0 Å². The van der Waals surface area contributed by atoms with Gasteiger partial charge in [0.1, 0.15) is 0 Å². The van der Waals surface area contributed by atoms with Gasteiger partial charge in [-0.05, 0) is 79.9 Å². The number of aryl methyl sites for hydroxylation is 1. The van der Waals surface area contributed by atoms with Crippen LogP contribution in [-0.2, 0) is 0 Å². The summed E-state index contributed by atoms with van der Waals surface area (Å²) in [4.78, 5) is 0. The lowest BCUT2D eigenvalue weighted by Crippen LogP contribution is -2.21. The molecule has 0 aliphatic rings. The Balaban J connectivity index is 0.000000204. The first-order chi connectivity index (χ1) is 18.4. The van der Waals surface area contributed by atoms with Gasteiger partial charge in [0.25, 0.3) is 0 Å². The zero-order chi connectivity index (χ0) is 27.9. The van der Waals surface area contributed by atoms with Crippen molar-refractivity contribution in [3.05, 3.63) is 160 Å². The van der Waals surface area contributed by atoms with Crippen molar-refractivity contribution in [3.63, 3.8) is 0 Å². The van der Waals surface area contributed by atoms with Crippen LogP contribution in [0.1, 0.15) is 29.2 Å². The first-order valence-electron chi connectivity index (χ1n) is 12.6. The Bertz CT molecular complexity index is 1680. The molecule has 0 spiro atoms. The number of benzene rings is 4. The maximum atomic E-state index is 4.01. The predicted molar refractivity (Wildman–Crippen MR) is 175 cm³/mol. The molecule has 0 unspecified atom stereocenters. The van der Waals surface area contributed by atoms with Gasteiger partial charge in [-0.25, -0.2) is 0 Å². The first kappa shape index (κ1) is 29.5. The molecule has 0 saturated heterocycles. The normalized spacial score (nSPS) is 11.2. The standard InChI is InChI=1S/C14H12.C14H16.C10H10/c1-3-6-12-10-14-8-5-4-7-13(14)9-11(12)2;1-5-8-14-11(4)9-10-12(6-2)13(14)7-3;1-3-6-10-8-5-4-7-9(10)2/h3-10H,1-2H2;5-10H,2-3H2,1,4H3;3-8H,1-2H2/b12-6-;8-5-;10-6-. The molecule has 0 radical (unpaired) electrons. The van der Waals surface area contributed by atoms with Gasteiger partial charge < -0.3 is 0 Å². The van der Waals surface area contributed by atoms with E-state index in [1.165, 1.54) is 21.9 Å². The van der Waals surface area contributed by atoms with Crippen LogP contribution in [0.5, 0.6) is 0 Å². The van der Waals surface area contributed by atoms with Gasteiger partial charge in [0, 0.05) is 0 Å². The summed E-state index contributed by atoms with van der Waals surface area (Å²) in [5.41, 5.74) is 4.81. The van der Waals surface area contributed by atoms with E-state index in [2.05, 4.69) is 88.9 Å². The summed E-state index contributed by atoms with van der Waals surface area (Å²) < 4.78 is 0. The van der Waals surface area contributed by atoms with E-state index in [-0.39, 0.29) is 0 Å². The number of hydrogen-bond donors (Lipinski definition) is 0. The minimum absolute atomic E-state index is 1.04. The van der Waals surface area contributed by atoms with Crippen molar-refractivity contribution in [1.29, 1.82) is 0 Å². The molecule has 0 bridgehead atoms. The fourth-order valence-electron chi connectivity index (χ4n) is 3.97. The molecule has 0 aromatic heterocycles. The summed E-state index contributed by atoms with van der Waals surface area (Å²) in [6.07, 6.45) is 15.4. The van der Waals surface area contributed by atoms with Gasteiger partial charge in [-0.15, -0.1) is 0 Å². The quantitative estimate of drug-likeness (QED) is 0.268. The van der Waals surface area contributed by atoms with Crippen molar-refractivity contribution >= 4 is 54.3 Å². The Morgan fingerprint density at radius 1 is 0.605 bits per heavy atom. The maximum Gasteiger partial charge on any atom is -0.0115 e. The van der Waals surface area contributed by atoms with Crippen LogP contribution in [-0.4, -0.2) is 0 Å². The summed E-state index contributed by atoms with van der Waals surface area (Å²) in [6.45, 7) is 26.9. The van der Waals surface area contributed by atoms with Gasteiger partial charge >= 0.3 is 0 Å². The van der Waals surface area contributed by atoms with Crippen LogP contribution >= 0.6 is 0 Å². The van der Waals surface area contributed by atoms with Crippen LogP contribution in [0.4, 0.5) is 0 Å². The lowest BCUT2D eigenvalue weighted by atomic mass is 9.96. The van der Waals surface area contributed by atoms with Crippen molar-refractivity contribution in [3.8, 4) is 0 Å². The van der Waals surface area contributed by atoms with E-state index in [9.17, 15) is 0 Å². The highest BCUT2D eigenvalue weighted by molar-refractivity contribution is 5.82. The highest BCUT2D eigenvalue weighted by Crippen LogP contribution is 2.22. The van der Waals surface area contributed by atoms with E-state index in [1.54, 1.807) is 12.2 Å². The molecule has 4 rings (SSSR count). The molecule has 190 valence electrons. The zero-order valence-corrected chi connectivity index (χ0v) is 22.8. The number of hydrogen-bond acceptors (Lipinski definition) is 0. The van der Waals surface area contributed by atoms with Crippen LogP contribution in [0.25, 0.3) is 54.3 Å². The zero-order valence-electron chi connectivity index (χ0n) is 22.8. The second kappa shape index (κ2) is 15.4. The Labute approximate surface area is 228 Å². The lowest BCUT2D eigenvalue weighted by molar-refractivity contribution is 1.41. The molecule has 4 aromatic rings. The highest BCUT2D eigenvalue weighted by Gasteiger charge is 2.03. The van der Waals surface area contributed by atoms with Crippen LogP contribution in [0, 0.1) is 6.92 Å². The molecule has 0 saturated carbocycles. The van der Waals surface area contributed by atoms with E-state index < -0.39 is 0 Å². The summed E-state index contributed by atoms with van der Waals surface area (Å²) >= 11 is 0. The Kier molecular flexibility index (Phi) is 12.0. The van der Waals surface area contributed by atoms with E-state index >= 15 is 0 Å². The van der Waals surface area contributed by atoms with Crippen LogP contribution < -0.4 is 20.9 Å². The molecule has 0 N–H and O–H groups in total. The van der Waals surface area contributed by atoms with Crippen molar-refractivity contribution in [1.82, 2.24) is 0 Å². The van der Waals surface area contributed by atoms with Crippen LogP contribution in [0.2, 0.25) is 0 Å². The third-order valence-electron chi connectivity index (χ3n) is 5.95. The van der Waals surface area contributed by atoms with Crippen molar-refractivity contribution in [2.45, 2.75) is 13.8 Å². The molecular formula is C38H38. The first-order valence-corrected chi connectivity index (χ1v) is 12.6. The molecule has 38 heavy (non-hydrogen) atoms. The van der Waals surface area contributed by atoms with Crippen LogP contribution in [0.15, 0.2) is 117 Å². The third kappa shape index (κ3) is 8.18. The molecule has 0 aliphatic carbocycles. The SMILES string of the molecule is C=C/C=c1/cc2ccccc2cc1=C.C=C/C=c1/ccccc1=C.C=Cc1ccc(C)c(/C=C\C)c1C=C. The average Bonchev–Trinajstić information content (AvgIpc) is 2.92. The Morgan fingerprint density at radius 2 is 1.21 bits per heavy atom. The lowest BCUT2D eigenvalue weighted by Gasteiger charge is -2.09. The largest absolute Gasteiger partial charge is 0.0990 e. The van der Waals surface area contributed by atoms with E-state index in [1.807, 2.05) is 73.7 Å². The second-order valence-electron chi connectivity index (χ2n) is 8.61. The molecule has 0 atom stereocenters. The molecule has 0 heteroatoms. The molecule has 0 aliphatic heterocycles. The van der Waals surface area contributed by atoms with Gasteiger partial charge in [-0.1, -0.05) is 149 Å². The summed E-state index contributed by atoms with van der Waals surface area (Å²) in [6, 6.07) is 24.7. The Morgan fingerprint density at radius 3 is 1.79 bits per heavy atom. The molecular weight excluding hydrogens is 456 g/mol. The second-order valence-corrected chi connectivity index (χ2v) is 8.61. The number of allylic oxidation sites excluding steroid dienone is 3. The maximum absolute atomic E-state index is 4.01. The van der Waals surface area contributed by atoms with Gasteiger partial charge in [0.05, 0.1) is 0 Å². The van der Waals surface area contributed by atoms with Crippen molar-refractivity contribution in [2.75, 3.05) is 0 Å². The summed E-state index contributed by atoms with van der Waals surface area (Å²) in [5, 5.41) is 6.84. The van der Waals surface area contributed by atoms with E-state index in [0.717, 1.165) is 32.0 Å². The average molecular weight is 495 g/mol. The van der Waals surface area contributed by atoms with Gasteiger partial charge in [-0.3, -0.25) is 0 Å². The Hall–Kier alpha value is -4.68. The topological polar surface area (TPSA) is 0 Å². The molecule has 0 nitrogen and oxygen atoms in total. The van der Waals surface area contributed by atoms with Crippen molar-refractivity contribution < 1.29 is 0 Å². The minimum Gasteiger partial charge on any atom is -0.0990 e. The highest BCUT2D eigenvalue weighted by atomic mass is 14.1. The molecule has 0 heterocycles. The van der Waals surface area contributed by atoms with E-state index in [4.69, 9.17) is 0 Å². The fraction of sp³-hybridized carbons (Fsp3) is 0.0526. The van der Waals surface area contributed by atoms with Gasteiger partial charge in [0.2, 0.25) is 0 Å². The van der Waals surface area contributed by atoms with Crippen LogP contribution in [0.3, 0.4) is 0 Å². The molecule has 4 aromatic carbocycles. The smallest absolute Gasteiger partial charge is 0.0115 e. The third-order valence-corrected chi connectivity index (χ3v) is 5.95. The monoisotopic (exact) mass is 494 g/mol. The molecule has 0 amide bonds.